The number of amides is 1. The Bertz CT molecular complexity index is 803. The first-order chi connectivity index (χ1) is 13.6. The van der Waals surface area contributed by atoms with Crippen molar-refractivity contribution in [3.8, 4) is 11.1 Å². The molecule has 0 spiro atoms. The highest BCUT2D eigenvalue weighted by Crippen LogP contribution is 2.41. The average Bonchev–Trinajstić information content (AvgIpc) is 3.37. The highest BCUT2D eigenvalue weighted by atomic mass is 16.1. The number of benzene rings is 2. The van der Waals surface area contributed by atoms with E-state index >= 15 is 0 Å². The molecule has 3 heteroatoms. The normalized spacial score (nSPS) is 21.8. The van der Waals surface area contributed by atoms with Crippen molar-refractivity contribution in [2.24, 2.45) is 5.73 Å². The van der Waals surface area contributed by atoms with E-state index in [0.29, 0.717) is 0 Å². The van der Waals surface area contributed by atoms with Gasteiger partial charge in [0.15, 0.2) is 0 Å². The number of nitrogens with two attached hydrogens (primary N) is 1. The van der Waals surface area contributed by atoms with Gasteiger partial charge in [-0.1, -0.05) is 61.4 Å². The molecular formula is C25H32N2O. The molecule has 4 rings (SSSR count). The summed E-state index contributed by atoms with van der Waals surface area (Å²) in [6.07, 6.45) is 7.73. The van der Waals surface area contributed by atoms with E-state index in [9.17, 15) is 4.79 Å². The summed E-state index contributed by atoms with van der Waals surface area (Å²) in [4.78, 5) is 14.7. The first-order valence-electron chi connectivity index (χ1n) is 10.8. The molecule has 2 aliphatic rings. The summed E-state index contributed by atoms with van der Waals surface area (Å²) < 4.78 is 0. The fourth-order valence-corrected chi connectivity index (χ4v) is 5.10. The Morgan fingerprint density at radius 3 is 2.14 bits per heavy atom. The van der Waals surface area contributed by atoms with Gasteiger partial charge in [-0.25, -0.2) is 0 Å². The van der Waals surface area contributed by atoms with E-state index in [1.165, 1.54) is 36.1 Å². The number of primary amides is 1. The van der Waals surface area contributed by atoms with Gasteiger partial charge in [-0.2, -0.15) is 0 Å². The van der Waals surface area contributed by atoms with E-state index in [2.05, 4.69) is 60.4 Å². The Labute approximate surface area is 168 Å². The minimum Gasteiger partial charge on any atom is -0.369 e. The van der Waals surface area contributed by atoms with Crippen LogP contribution in [-0.4, -0.2) is 29.9 Å². The predicted molar refractivity (Wildman–Crippen MR) is 115 cm³/mol. The third-order valence-corrected chi connectivity index (χ3v) is 7.03. The van der Waals surface area contributed by atoms with Crippen LogP contribution in [0.3, 0.4) is 0 Å². The summed E-state index contributed by atoms with van der Waals surface area (Å²) in [6.45, 7) is 4.75. The number of nitrogens with zero attached hydrogens (tertiary/aromatic N) is 1. The predicted octanol–water partition coefficient (Wildman–Crippen LogP) is 4.68. The zero-order chi connectivity index (χ0) is 19.6. The van der Waals surface area contributed by atoms with Gasteiger partial charge in [0.2, 0.25) is 5.91 Å². The standard InChI is InChI=1S/C25H32N2O/c1-19-5-4-17-27(19)18-14-20-6-8-21(9-7-20)22-10-12-23(13-11-22)25(24(26)28)15-2-3-16-25/h6-13,19H,2-5,14-18H2,1H3,(H2,26,28). The monoisotopic (exact) mass is 376 g/mol. The molecule has 0 radical (unpaired) electrons. The van der Waals surface area contributed by atoms with Crippen LogP contribution in [0.4, 0.5) is 0 Å². The summed E-state index contributed by atoms with van der Waals surface area (Å²) in [5.74, 6) is -0.172. The first-order valence-corrected chi connectivity index (χ1v) is 10.8. The molecule has 2 aromatic rings. The maximum absolute atomic E-state index is 12.1. The van der Waals surface area contributed by atoms with Crippen molar-refractivity contribution in [1.82, 2.24) is 4.90 Å². The number of rotatable bonds is 6. The third kappa shape index (κ3) is 3.73. The van der Waals surface area contributed by atoms with E-state index in [4.69, 9.17) is 5.73 Å². The molecule has 28 heavy (non-hydrogen) atoms. The maximum atomic E-state index is 12.1. The minimum absolute atomic E-state index is 0.172. The summed E-state index contributed by atoms with van der Waals surface area (Å²) >= 11 is 0. The molecule has 1 amide bonds. The van der Waals surface area contributed by atoms with Crippen molar-refractivity contribution in [3.05, 3.63) is 59.7 Å². The average molecular weight is 377 g/mol. The summed E-state index contributed by atoms with van der Waals surface area (Å²) in [7, 11) is 0. The molecule has 1 heterocycles. The quantitative estimate of drug-likeness (QED) is 0.796. The van der Waals surface area contributed by atoms with Crippen molar-refractivity contribution in [2.45, 2.75) is 63.3 Å². The Balaban J connectivity index is 1.43. The largest absolute Gasteiger partial charge is 0.369 e. The topological polar surface area (TPSA) is 46.3 Å². The number of hydrogen-bond acceptors (Lipinski definition) is 2. The lowest BCUT2D eigenvalue weighted by atomic mass is 9.78. The molecule has 148 valence electrons. The zero-order valence-corrected chi connectivity index (χ0v) is 17.0. The highest BCUT2D eigenvalue weighted by molar-refractivity contribution is 5.87. The van der Waals surface area contributed by atoms with Crippen LogP contribution in [0, 0.1) is 0 Å². The van der Waals surface area contributed by atoms with Crippen LogP contribution in [0.1, 0.15) is 56.6 Å². The lowest BCUT2D eigenvalue weighted by Gasteiger charge is -2.25. The van der Waals surface area contributed by atoms with E-state index < -0.39 is 5.41 Å². The van der Waals surface area contributed by atoms with Crippen LogP contribution in [0.25, 0.3) is 11.1 Å². The second-order valence-electron chi connectivity index (χ2n) is 8.70. The SMILES string of the molecule is CC1CCCN1CCc1ccc(-c2ccc(C3(C(N)=O)CCCC3)cc2)cc1. The summed E-state index contributed by atoms with van der Waals surface area (Å²) in [6, 6.07) is 18.2. The summed E-state index contributed by atoms with van der Waals surface area (Å²) in [5.41, 5.74) is 10.2. The zero-order valence-electron chi connectivity index (χ0n) is 17.0. The summed E-state index contributed by atoms with van der Waals surface area (Å²) in [5, 5.41) is 0. The van der Waals surface area contributed by atoms with E-state index in [-0.39, 0.29) is 5.91 Å². The lowest BCUT2D eigenvalue weighted by molar-refractivity contribution is -0.123. The van der Waals surface area contributed by atoms with Crippen molar-refractivity contribution >= 4 is 5.91 Å². The molecule has 2 aromatic carbocycles. The van der Waals surface area contributed by atoms with Gasteiger partial charge in [-0.05, 0) is 67.8 Å². The van der Waals surface area contributed by atoms with E-state index in [0.717, 1.165) is 50.3 Å². The molecule has 1 saturated heterocycles. The van der Waals surface area contributed by atoms with Gasteiger partial charge >= 0.3 is 0 Å². The molecule has 2 fully saturated rings. The van der Waals surface area contributed by atoms with Gasteiger partial charge in [0.05, 0.1) is 5.41 Å². The van der Waals surface area contributed by atoms with Crippen molar-refractivity contribution < 1.29 is 4.79 Å². The van der Waals surface area contributed by atoms with E-state index in [1.807, 2.05) is 0 Å². The van der Waals surface area contributed by atoms with Gasteiger partial charge in [0.25, 0.3) is 0 Å². The van der Waals surface area contributed by atoms with Gasteiger partial charge in [0, 0.05) is 12.6 Å². The highest BCUT2D eigenvalue weighted by Gasteiger charge is 2.41. The maximum Gasteiger partial charge on any atom is 0.228 e. The molecule has 0 aromatic heterocycles. The van der Waals surface area contributed by atoms with Gasteiger partial charge in [-0.15, -0.1) is 0 Å². The molecule has 2 N–H and O–H groups in total. The third-order valence-electron chi connectivity index (χ3n) is 7.03. The van der Waals surface area contributed by atoms with Crippen LogP contribution in [0.2, 0.25) is 0 Å². The molecule has 1 atom stereocenters. The van der Waals surface area contributed by atoms with Crippen LogP contribution in [0.5, 0.6) is 0 Å². The van der Waals surface area contributed by atoms with Gasteiger partial charge in [-0.3, -0.25) is 4.79 Å². The van der Waals surface area contributed by atoms with Gasteiger partial charge in [0.1, 0.15) is 0 Å². The van der Waals surface area contributed by atoms with Crippen molar-refractivity contribution in [3.63, 3.8) is 0 Å². The second kappa shape index (κ2) is 8.08. The lowest BCUT2D eigenvalue weighted by Crippen LogP contribution is -2.38. The Kier molecular flexibility index (Phi) is 5.54. The van der Waals surface area contributed by atoms with Crippen LogP contribution in [0.15, 0.2) is 48.5 Å². The molecule has 1 aliphatic heterocycles. The van der Waals surface area contributed by atoms with Gasteiger partial charge < -0.3 is 10.6 Å². The Morgan fingerprint density at radius 2 is 1.61 bits per heavy atom. The smallest absolute Gasteiger partial charge is 0.228 e. The Hall–Kier alpha value is -2.13. The fourth-order valence-electron chi connectivity index (χ4n) is 5.10. The van der Waals surface area contributed by atoms with Crippen LogP contribution in [-0.2, 0) is 16.6 Å². The van der Waals surface area contributed by atoms with Crippen molar-refractivity contribution in [1.29, 1.82) is 0 Å². The second-order valence-corrected chi connectivity index (χ2v) is 8.70. The molecule has 0 bridgehead atoms. The minimum atomic E-state index is -0.449. The molecule has 1 saturated carbocycles. The molecule has 1 aliphatic carbocycles. The first kappa shape index (κ1) is 19.2. The molecule has 3 nitrogen and oxygen atoms in total. The van der Waals surface area contributed by atoms with E-state index in [1.54, 1.807) is 0 Å². The number of hydrogen-bond donors (Lipinski definition) is 1. The van der Waals surface area contributed by atoms with Crippen LogP contribution < -0.4 is 5.73 Å². The number of likely N-dealkylation sites (tertiary alicyclic amines) is 1. The fraction of sp³-hybridized carbons (Fsp3) is 0.480. The number of carbonyl (C=O) groups excluding carboxylic acids is 1. The molecular weight excluding hydrogens is 344 g/mol. The van der Waals surface area contributed by atoms with Crippen molar-refractivity contribution in [2.75, 3.05) is 13.1 Å². The number of carbonyl (C=O) groups is 1. The molecule has 1 unspecified atom stereocenters. The Morgan fingerprint density at radius 1 is 1.00 bits per heavy atom. The van der Waals surface area contributed by atoms with Crippen LogP contribution >= 0.6 is 0 Å².